The van der Waals surface area contributed by atoms with Gasteiger partial charge in [-0.1, -0.05) is 6.07 Å². The van der Waals surface area contributed by atoms with Crippen molar-refractivity contribution in [2.24, 2.45) is 0 Å². The van der Waals surface area contributed by atoms with Gasteiger partial charge in [-0.2, -0.15) is 0 Å². The summed E-state index contributed by atoms with van der Waals surface area (Å²) in [4.78, 5) is 2.21. The number of nitrogens with one attached hydrogen (secondary N) is 1. The van der Waals surface area contributed by atoms with Crippen molar-refractivity contribution in [3.63, 3.8) is 0 Å². The van der Waals surface area contributed by atoms with Crippen LogP contribution in [0.4, 0.5) is 8.78 Å². The Labute approximate surface area is 112 Å². The summed E-state index contributed by atoms with van der Waals surface area (Å²) in [5.41, 5.74) is 0.477. The molecule has 19 heavy (non-hydrogen) atoms. The van der Waals surface area contributed by atoms with Crippen LogP contribution in [0.2, 0.25) is 0 Å². The number of ether oxygens (including phenoxy) is 1. The zero-order valence-corrected chi connectivity index (χ0v) is 11.3. The Balaban J connectivity index is 1.88. The van der Waals surface area contributed by atoms with E-state index in [9.17, 15) is 8.78 Å². The van der Waals surface area contributed by atoms with Crippen molar-refractivity contribution in [2.45, 2.75) is 19.1 Å². The summed E-state index contributed by atoms with van der Waals surface area (Å²) in [6.07, 6.45) is 0.115. The molecular formula is C14H20F2N2O. The van der Waals surface area contributed by atoms with Gasteiger partial charge in [0.15, 0.2) is 0 Å². The lowest BCUT2D eigenvalue weighted by atomic mass is 10.1. The third-order valence-electron chi connectivity index (χ3n) is 3.42. The fourth-order valence-electron chi connectivity index (χ4n) is 2.26. The summed E-state index contributed by atoms with van der Waals surface area (Å²) in [6.45, 7) is 5.05. The van der Waals surface area contributed by atoms with Crippen LogP contribution in [0.1, 0.15) is 18.5 Å². The smallest absolute Gasteiger partial charge is 0.130 e. The lowest BCUT2D eigenvalue weighted by Crippen LogP contribution is -2.45. The van der Waals surface area contributed by atoms with E-state index in [1.54, 1.807) is 0 Å². The van der Waals surface area contributed by atoms with Gasteiger partial charge in [0.05, 0.1) is 12.7 Å². The van der Waals surface area contributed by atoms with Crippen LogP contribution < -0.4 is 5.32 Å². The predicted molar refractivity (Wildman–Crippen MR) is 70.0 cm³/mol. The average molecular weight is 270 g/mol. The van der Waals surface area contributed by atoms with E-state index in [2.05, 4.69) is 17.3 Å². The second-order valence-electron chi connectivity index (χ2n) is 5.05. The van der Waals surface area contributed by atoms with E-state index in [1.807, 2.05) is 6.92 Å². The molecule has 1 N–H and O–H groups in total. The van der Waals surface area contributed by atoms with E-state index in [1.165, 1.54) is 12.1 Å². The van der Waals surface area contributed by atoms with Crippen LogP contribution in [0.15, 0.2) is 18.2 Å². The summed E-state index contributed by atoms with van der Waals surface area (Å²) >= 11 is 0. The van der Waals surface area contributed by atoms with Gasteiger partial charge in [0.25, 0.3) is 0 Å². The van der Waals surface area contributed by atoms with Gasteiger partial charge >= 0.3 is 0 Å². The van der Waals surface area contributed by atoms with Crippen molar-refractivity contribution in [2.75, 3.05) is 33.3 Å². The molecule has 0 aromatic heterocycles. The Morgan fingerprint density at radius 2 is 2.26 bits per heavy atom. The molecule has 0 amide bonds. The molecule has 1 aromatic carbocycles. The maximum absolute atomic E-state index is 13.6. The second kappa shape index (κ2) is 6.41. The van der Waals surface area contributed by atoms with Crippen molar-refractivity contribution in [1.82, 2.24) is 10.2 Å². The fraction of sp³-hybridized carbons (Fsp3) is 0.571. The van der Waals surface area contributed by atoms with Crippen molar-refractivity contribution in [3.05, 3.63) is 35.4 Å². The average Bonchev–Trinajstić information content (AvgIpc) is 2.36. The van der Waals surface area contributed by atoms with Gasteiger partial charge in [-0.15, -0.1) is 0 Å². The Hall–Kier alpha value is -1.04. The third kappa shape index (κ3) is 3.96. The lowest BCUT2D eigenvalue weighted by Gasteiger charge is -2.31. The minimum Gasteiger partial charge on any atom is -0.374 e. The number of benzene rings is 1. The first-order valence-electron chi connectivity index (χ1n) is 6.54. The second-order valence-corrected chi connectivity index (χ2v) is 5.05. The highest BCUT2D eigenvalue weighted by atomic mass is 19.1. The third-order valence-corrected chi connectivity index (χ3v) is 3.42. The standard InChI is InChI=1S/C14H20F2N2O/c1-10(13-4-3-11(15)7-14(13)16)17-8-12-9-18(2)5-6-19-12/h3-4,7,10,12,17H,5-6,8-9H2,1-2H3. The monoisotopic (exact) mass is 270 g/mol. The zero-order valence-electron chi connectivity index (χ0n) is 11.3. The van der Waals surface area contributed by atoms with Crippen LogP contribution in [-0.4, -0.2) is 44.3 Å². The summed E-state index contributed by atoms with van der Waals surface area (Å²) in [6, 6.07) is 3.51. The molecule has 1 saturated heterocycles. The van der Waals surface area contributed by atoms with Crippen LogP contribution in [0, 0.1) is 11.6 Å². The number of nitrogens with zero attached hydrogens (tertiary/aromatic N) is 1. The quantitative estimate of drug-likeness (QED) is 0.905. The van der Waals surface area contributed by atoms with Crippen LogP contribution in [0.5, 0.6) is 0 Å². The van der Waals surface area contributed by atoms with Gasteiger partial charge in [-0.05, 0) is 20.0 Å². The molecule has 1 heterocycles. The first-order valence-corrected chi connectivity index (χ1v) is 6.54. The fourth-order valence-corrected chi connectivity index (χ4v) is 2.26. The Morgan fingerprint density at radius 1 is 1.47 bits per heavy atom. The van der Waals surface area contributed by atoms with Gasteiger partial charge < -0.3 is 15.0 Å². The van der Waals surface area contributed by atoms with Crippen LogP contribution in [0.25, 0.3) is 0 Å². The van der Waals surface area contributed by atoms with Crippen LogP contribution >= 0.6 is 0 Å². The molecule has 0 aliphatic carbocycles. The first-order chi connectivity index (χ1) is 9.06. The molecule has 2 rings (SSSR count). The first kappa shape index (κ1) is 14.4. The Kier molecular flexibility index (Phi) is 4.85. The largest absolute Gasteiger partial charge is 0.374 e. The summed E-state index contributed by atoms with van der Waals surface area (Å²) in [5, 5.41) is 3.24. The molecule has 106 valence electrons. The molecule has 3 nitrogen and oxygen atoms in total. The van der Waals surface area contributed by atoms with Gasteiger partial charge in [0.2, 0.25) is 0 Å². The molecule has 0 spiro atoms. The summed E-state index contributed by atoms with van der Waals surface area (Å²) in [5.74, 6) is -1.06. The topological polar surface area (TPSA) is 24.5 Å². The minimum atomic E-state index is -0.550. The minimum absolute atomic E-state index is 0.115. The SMILES string of the molecule is CC(NCC1CN(C)CCO1)c1ccc(F)cc1F. The van der Waals surface area contributed by atoms with Crippen molar-refractivity contribution in [3.8, 4) is 0 Å². The van der Waals surface area contributed by atoms with E-state index in [-0.39, 0.29) is 12.1 Å². The number of hydrogen-bond donors (Lipinski definition) is 1. The van der Waals surface area contributed by atoms with E-state index in [0.717, 1.165) is 25.8 Å². The highest BCUT2D eigenvalue weighted by Crippen LogP contribution is 2.17. The van der Waals surface area contributed by atoms with Gasteiger partial charge in [0, 0.05) is 37.3 Å². The van der Waals surface area contributed by atoms with Crippen LogP contribution in [0.3, 0.4) is 0 Å². The number of morpholine rings is 1. The molecular weight excluding hydrogens is 250 g/mol. The number of rotatable bonds is 4. The lowest BCUT2D eigenvalue weighted by molar-refractivity contribution is -0.0191. The van der Waals surface area contributed by atoms with E-state index >= 15 is 0 Å². The molecule has 1 fully saturated rings. The maximum atomic E-state index is 13.6. The van der Waals surface area contributed by atoms with Gasteiger partial charge in [0.1, 0.15) is 11.6 Å². The van der Waals surface area contributed by atoms with Gasteiger partial charge in [-0.3, -0.25) is 0 Å². The molecule has 5 heteroatoms. The number of hydrogen-bond acceptors (Lipinski definition) is 3. The molecule has 1 aliphatic heterocycles. The highest BCUT2D eigenvalue weighted by molar-refractivity contribution is 5.21. The summed E-state index contributed by atoms with van der Waals surface area (Å²) in [7, 11) is 2.05. The Bertz CT molecular complexity index is 428. The maximum Gasteiger partial charge on any atom is 0.130 e. The van der Waals surface area contributed by atoms with Gasteiger partial charge in [-0.25, -0.2) is 8.78 Å². The molecule has 1 aliphatic rings. The Morgan fingerprint density at radius 3 is 2.95 bits per heavy atom. The normalized spacial score (nSPS) is 22.4. The molecule has 0 saturated carbocycles. The van der Waals surface area contributed by atoms with Crippen molar-refractivity contribution in [1.29, 1.82) is 0 Å². The predicted octanol–water partition coefficient (Wildman–Crippen LogP) is 1.95. The molecule has 2 unspecified atom stereocenters. The van der Waals surface area contributed by atoms with E-state index in [0.29, 0.717) is 12.1 Å². The number of likely N-dealkylation sites (N-methyl/N-ethyl adjacent to an activating group) is 1. The molecule has 0 radical (unpaired) electrons. The molecule has 0 bridgehead atoms. The van der Waals surface area contributed by atoms with Crippen LogP contribution in [-0.2, 0) is 4.74 Å². The van der Waals surface area contributed by atoms with Crippen molar-refractivity contribution >= 4 is 0 Å². The van der Waals surface area contributed by atoms with Crippen molar-refractivity contribution < 1.29 is 13.5 Å². The van der Waals surface area contributed by atoms with E-state index < -0.39 is 11.6 Å². The molecule has 2 atom stereocenters. The molecule has 1 aromatic rings. The highest BCUT2D eigenvalue weighted by Gasteiger charge is 2.19. The number of halogens is 2. The summed E-state index contributed by atoms with van der Waals surface area (Å²) < 4.78 is 32.1. The zero-order chi connectivity index (χ0) is 13.8. The van der Waals surface area contributed by atoms with E-state index in [4.69, 9.17) is 4.74 Å².